The van der Waals surface area contributed by atoms with E-state index in [2.05, 4.69) is 25.2 Å². The van der Waals surface area contributed by atoms with Gasteiger partial charge in [0.05, 0.1) is 0 Å². The van der Waals surface area contributed by atoms with Crippen molar-refractivity contribution in [3.63, 3.8) is 0 Å². The highest BCUT2D eigenvalue weighted by molar-refractivity contribution is 4.76. The van der Waals surface area contributed by atoms with Crippen molar-refractivity contribution < 1.29 is 0 Å². The number of hydrogen-bond acceptors (Lipinski definition) is 1. The Bertz CT molecular complexity index is 57.7. The van der Waals surface area contributed by atoms with Gasteiger partial charge in [-0.3, -0.25) is 0 Å². The van der Waals surface area contributed by atoms with Crippen LogP contribution < -0.4 is 5.32 Å². The van der Waals surface area contributed by atoms with Gasteiger partial charge in [-0.15, -0.1) is 0 Å². The highest BCUT2D eigenvalue weighted by atomic mass is 14.8. The first-order valence-electron chi connectivity index (χ1n) is 4.30. The van der Waals surface area contributed by atoms with Gasteiger partial charge in [0.2, 0.25) is 0 Å². The molecule has 0 atom stereocenters. The molecule has 0 spiro atoms. The molecule has 0 heterocycles. The third kappa shape index (κ3) is 15.6. The van der Waals surface area contributed by atoms with E-state index in [1.54, 1.807) is 0 Å². The van der Waals surface area contributed by atoms with Crippen LogP contribution in [0.2, 0.25) is 0 Å². The van der Waals surface area contributed by atoms with Crippen molar-refractivity contribution in [1.29, 1.82) is 0 Å². The van der Waals surface area contributed by atoms with Crippen molar-refractivity contribution in [2.24, 2.45) is 0 Å². The molecule has 0 aliphatic rings. The van der Waals surface area contributed by atoms with Gasteiger partial charge in [-0.25, -0.2) is 0 Å². The zero-order valence-electron chi connectivity index (χ0n) is 7.78. The summed E-state index contributed by atoms with van der Waals surface area (Å²) in [7, 11) is 0. The molecular formula is C9H21N. The first-order chi connectivity index (χ1) is 4.91. The average molecular weight is 143 g/mol. The molecule has 1 N–H and O–H groups in total. The first kappa shape index (κ1) is 12.2. The predicted molar refractivity (Wildman–Crippen MR) is 49.1 cm³/mol. The third-order valence-electron chi connectivity index (χ3n) is 0.866. The molecule has 1 heteroatoms. The fourth-order valence-corrected chi connectivity index (χ4v) is 0.429. The molecule has 0 radical (unpaired) electrons. The van der Waals surface area contributed by atoms with Crippen LogP contribution in [-0.4, -0.2) is 6.54 Å². The molecule has 0 saturated heterocycles. The zero-order valence-corrected chi connectivity index (χ0v) is 7.78. The zero-order chi connectivity index (χ0) is 8.24. The second kappa shape index (κ2) is 15.8. The monoisotopic (exact) mass is 143 g/mol. The van der Waals surface area contributed by atoms with Gasteiger partial charge < -0.3 is 5.32 Å². The van der Waals surface area contributed by atoms with Gasteiger partial charge in [0.15, 0.2) is 0 Å². The van der Waals surface area contributed by atoms with Crippen LogP contribution in [0.4, 0.5) is 0 Å². The third-order valence-corrected chi connectivity index (χ3v) is 0.866. The van der Waals surface area contributed by atoms with Gasteiger partial charge in [0.25, 0.3) is 0 Å². The lowest BCUT2D eigenvalue weighted by Crippen LogP contribution is -2.04. The van der Waals surface area contributed by atoms with Gasteiger partial charge >= 0.3 is 0 Å². The highest BCUT2D eigenvalue weighted by Gasteiger charge is 1.70. The summed E-state index contributed by atoms with van der Waals surface area (Å²) in [5, 5.41) is 3.16. The number of hydrogen-bond donors (Lipinski definition) is 1. The Labute approximate surface area is 65.5 Å². The summed E-state index contributed by atoms with van der Waals surface area (Å²) in [6, 6.07) is 0. The van der Waals surface area contributed by atoms with Crippen LogP contribution in [0.1, 0.15) is 40.5 Å². The predicted octanol–water partition coefficient (Wildman–Crippen LogP) is 2.94. The first-order valence-corrected chi connectivity index (χ1v) is 4.30. The van der Waals surface area contributed by atoms with Crippen molar-refractivity contribution >= 4 is 0 Å². The van der Waals surface area contributed by atoms with Gasteiger partial charge in [-0.2, -0.15) is 0 Å². The van der Waals surface area contributed by atoms with E-state index in [0.29, 0.717) is 0 Å². The van der Waals surface area contributed by atoms with Crippen LogP contribution >= 0.6 is 0 Å². The topological polar surface area (TPSA) is 12.0 Å². The SMILES string of the molecule is CC.CC/C=C\NCCC. The quantitative estimate of drug-likeness (QED) is 0.597. The molecule has 0 aromatic rings. The van der Waals surface area contributed by atoms with Crippen LogP contribution in [0.5, 0.6) is 0 Å². The Morgan fingerprint density at radius 1 is 1.20 bits per heavy atom. The lowest BCUT2D eigenvalue weighted by Gasteiger charge is -1.92. The molecule has 1 nitrogen and oxygen atoms in total. The Hall–Kier alpha value is -0.460. The second-order valence-corrected chi connectivity index (χ2v) is 1.76. The lowest BCUT2D eigenvalue weighted by atomic mass is 10.4. The van der Waals surface area contributed by atoms with Crippen molar-refractivity contribution in [2.75, 3.05) is 6.54 Å². The van der Waals surface area contributed by atoms with Gasteiger partial charge in [-0.05, 0) is 19.0 Å². The van der Waals surface area contributed by atoms with E-state index in [-0.39, 0.29) is 0 Å². The van der Waals surface area contributed by atoms with Gasteiger partial charge in [0.1, 0.15) is 0 Å². The minimum Gasteiger partial charge on any atom is -0.391 e. The highest BCUT2D eigenvalue weighted by Crippen LogP contribution is 1.75. The smallest absolute Gasteiger partial charge is 0.0138 e. The summed E-state index contributed by atoms with van der Waals surface area (Å²) in [4.78, 5) is 0. The number of allylic oxidation sites excluding steroid dienone is 1. The molecule has 0 bridgehead atoms. The van der Waals surface area contributed by atoms with Crippen LogP contribution in [-0.2, 0) is 0 Å². The fraction of sp³-hybridized carbons (Fsp3) is 0.778. The normalized spacial score (nSPS) is 8.80. The molecule has 0 aromatic heterocycles. The van der Waals surface area contributed by atoms with E-state index in [4.69, 9.17) is 0 Å². The Morgan fingerprint density at radius 2 is 1.80 bits per heavy atom. The average Bonchev–Trinajstić information content (AvgIpc) is 2.02. The summed E-state index contributed by atoms with van der Waals surface area (Å²) in [5.74, 6) is 0. The summed E-state index contributed by atoms with van der Waals surface area (Å²) in [6.45, 7) is 9.38. The maximum atomic E-state index is 3.16. The lowest BCUT2D eigenvalue weighted by molar-refractivity contribution is 0.806. The minimum atomic E-state index is 1.09. The maximum absolute atomic E-state index is 3.16. The van der Waals surface area contributed by atoms with E-state index < -0.39 is 0 Å². The number of nitrogens with one attached hydrogen (secondary N) is 1. The Balaban J connectivity index is 0. The summed E-state index contributed by atoms with van der Waals surface area (Å²) in [5.41, 5.74) is 0. The summed E-state index contributed by atoms with van der Waals surface area (Å²) < 4.78 is 0. The fourth-order valence-electron chi connectivity index (χ4n) is 0.429. The van der Waals surface area contributed by atoms with E-state index in [1.165, 1.54) is 6.42 Å². The molecular weight excluding hydrogens is 122 g/mol. The Kier molecular flexibility index (Phi) is 19.4. The van der Waals surface area contributed by atoms with Gasteiger partial charge in [0, 0.05) is 6.54 Å². The molecule has 0 aromatic carbocycles. The van der Waals surface area contributed by atoms with Crippen molar-refractivity contribution in [2.45, 2.75) is 40.5 Å². The molecule has 0 aliphatic heterocycles. The van der Waals surface area contributed by atoms with Crippen LogP contribution in [0.15, 0.2) is 12.3 Å². The molecule has 0 fully saturated rings. The molecule has 62 valence electrons. The number of rotatable bonds is 4. The Morgan fingerprint density at radius 3 is 2.20 bits per heavy atom. The van der Waals surface area contributed by atoms with E-state index in [1.807, 2.05) is 20.0 Å². The molecule has 0 saturated carbocycles. The van der Waals surface area contributed by atoms with Crippen molar-refractivity contribution in [3.8, 4) is 0 Å². The van der Waals surface area contributed by atoms with E-state index in [0.717, 1.165) is 13.0 Å². The summed E-state index contributed by atoms with van der Waals surface area (Å²) in [6.07, 6.45) is 6.46. The van der Waals surface area contributed by atoms with Crippen LogP contribution in [0, 0.1) is 0 Å². The van der Waals surface area contributed by atoms with Gasteiger partial charge in [-0.1, -0.05) is 33.8 Å². The van der Waals surface area contributed by atoms with E-state index >= 15 is 0 Å². The molecule has 0 rings (SSSR count). The largest absolute Gasteiger partial charge is 0.391 e. The molecule has 0 unspecified atom stereocenters. The van der Waals surface area contributed by atoms with Crippen molar-refractivity contribution in [1.82, 2.24) is 5.32 Å². The maximum Gasteiger partial charge on any atom is 0.0138 e. The van der Waals surface area contributed by atoms with E-state index in [9.17, 15) is 0 Å². The molecule has 0 aliphatic carbocycles. The van der Waals surface area contributed by atoms with Crippen LogP contribution in [0.25, 0.3) is 0 Å². The molecule has 10 heavy (non-hydrogen) atoms. The van der Waals surface area contributed by atoms with Crippen LogP contribution in [0.3, 0.4) is 0 Å². The molecule has 0 amide bonds. The minimum absolute atomic E-state index is 1.09. The second-order valence-electron chi connectivity index (χ2n) is 1.76. The summed E-state index contributed by atoms with van der Waals surface area (Å²) >= 11 is 0. The van der Waals surface area contributed by atoms with Crippen molar-refractivity contribution in [3.05, 3.63) is 12.3 Å². The standard InChI is InChI=1S/C7H15N.C2H6/c1-3-5-7-8-6-4-2;1-2/h5,7-8H,3-4,6H2,1-2H3;1-2H3/b7-5-;.